The molecule has 0 spiro atoms. The van der Waals surface area contributed by atoms with Crippen LogP contribution in [0.2, 0.25) is 0 Å². The van der Waals surface area contributed by atoms with Gasteiger partial charge in [-0.2, -0.15) is 4.98 Å². The molecule has 18 heavy (non-hydrogen) atoms. The van der Waals surface area contributed by atoms with E-state index in [0.717, 1.165) is 10.7 Å². The summed E-state index contributed by atoms with van der Waals surface area (Å²) in [5, 5.41) is 13.6. The molecule has 0 fully saturated rings. The van der Waals surface area contributed by atoms with Crippen LogP contribution in [0.1, 0.15) is 0 Å². The second-order valence-electron chi connectivity index (χ2n) is 3.24. The second kappa shape index (κ2) is 4.92. The molecule has 0 aliphatic heterocycles. The fourth-order valence-corrected chi connectivity index (χ4v) is 1.60. The van der Waals surface area contributed by atoms with Gasteiger partial charge < -0.3 is 11.1 Å². The van der Waals surface area contributed by atoms with Gasteiger partial charge in [-0.15, -0.1) is 0 Å². The number of hydrogen-bond donors (Lipinski definition) is 2. The van der Waals surface area contributed by atoms with Gasteiger partial charge in [0.1, 0.15) is 6.20 Å². The van der Waals surface area contributed by atoms with Crippen molar-refractivity contribution >= 4 is 39.1 Å². The molecule has 0 aliphatic rings. The van der Waals surface area contributed by atoms with Gasteiger partial charge in [0.2, 0.25) is 11.8 Å². The first kappa shape index (κ1) is 12.2. The van der Waals surface area contributed by atoms with Crippen molar-refractivity contribution in [2.75, 3.05) is 11.1 Å². The quantitative estimate of drug-likeness (QED) is 0.655. The lowest BCUT2D eigenvalue weighted by atomic mass is 10.4. The maximum absolute atomic E-state index is 10.8. The number of rotatable bonds is 3. The molecule has 3 N–H and O–H groups in total. The van der Waals surface area contributed by atoms with Gasteiger partial charge in [-0.25, -0.2) is 4.98 Å². The lowest BCUT2D eigenvalue weighted by Crippen LogP contribution is -2.04. The van der Waals surface area contributed by atoms with Gasteiger partial charge in [-0.05, 0) is 22.0 Å². The second-order valence-corrected chi connectivity index (χ2v) is 4.15. The number of nitro groups is 1. The van der Waals surface area contributed by atoms with E-state index >= 15 is 0 Å². The highest BCUT2D eigenvalue weighted by Crippen LogP contribution is 2.25. The van der Waals surface area contributed by atoms with Crippen LogP contribution in [0.15, 0.2) is 29.1 Å². The molecule has 0 aliphatic carbocycles. The van der Waals surface area contributed by atoms with Crippen molar-refractivity contribution in [1.29, 1.82) is 0 Å². The topological polar surface area (TPSA) is 120 Å². The predicted molar refractivity (Wildman–Crippen MR) is 68.3 cm³/mol. The molecule has 2 aromatic heterocycles. The monoisotopic (exact) mass is 310 g/mol. The largest absolute Gasteiger partial charge is 0.368 e. The van der Waals surface area contributed by atoms with E-state index in [4.69, 9.17) is 5.73 Å². The summed E-state index contributed by atoms with van der Waals surface area (Å²) in [4.78, 5) is 21.5. The number of pyridine rings is 1. The fourth-order valence-electron chi connectivity index (χ4n) is 1.23. The van der Waals surface area contributed by atoms with Crippen LogP contribution in [0.3, 0.4) is 0 Å². The summed E-state index contributed by atoms with van der Waals surface area (Å²) < 4.78 is 0.734. The summed E-state index contributed by atoms with van der Waals surface area (Å²) in [5.41, 5.74) is 5.69. The summed E-state index contributed by atoms with van der Waals surface area (Å²) in [6.07, 6.45) is 4.15. The van der Waals surface area contributed by atoms with E-state index < -0.39 is 4.92 Å². The molecule has 2 aromatic rings. The van der Waals surface area contributed by atoms with Crippen molar-refractivity contribution in [2.24, 2.45) is 0 Å². The van der Waals surface area contributed by atoms with Crippen molar-refractivity contribution in [3.63, 3.8) is 0 Å². The zero-order valence-corrected chi connectivity index (χ0v) is 10.5. The smallest absolute Gasteiger partial charge is 0.329 e. The fraction of sp³-hybridized carbons (Fsp3) is 0. The Morgan fingerprint density at radius 2 is 2.17 bits per heavy atom. The van der Waals surface area contributed by atoms with Crippen molar-refractivity contribution in [1.82, 2.24) is 15.0 Å². The third kappa shape index (κ3) is 2.69. The molecule has 8 nitrogen and oxygen atoms in total. The van der Waals surface area contributed by atoms with E-state index in [1.54, 1.807) is 12.3 Å². The first-order chi connectivity index (χ1) is 8.56. The third-order valence-corrected chi connectivity index (χ3v) is 2.39. The summed E-state index contributed by atoms with van der Waals surface area (Å²) in [5.74, 6) is -0.0292. The first-order valence-corrected chi connectivity index (χ1v) is 5.50. The minimum Gasteiger partial charge on any atom is -0.368 e. The lowest BCUT2D eigenvalue weighted by Gasteiger charge is -2.06. The van der Waals surface area contributed by atoms with E-state index in [9.17, 15) is 10.1 Å². The summed E-state index contributed by atoms with van der Waals surface area (Å²) >= 11 is 3.24. The number of nitrogens with one attached hydrogen (secondary N) is 1. The van der Waals surface area contributed by atoms with Gasteiger partial charge >= 0.3 is 5.69 Å². The Labute approximate surface area is 110 Å². The number of nitrogen functional groups attached to an aromatic ring is 1. The Morgan fingerprint density at radius 1 is 1.39 bits per heavy atom. The van der Waals surface area contributed by atoms with E-state index in [1.807, 2.05) is 0 Å². The minimum absolute atomic E-state index is 0.0207. The lowest BCUT2D eigenvalue weighted by molar-refractivity contribution is -0.384. The molecule has 92 valence electrons. The van der Waals surface area contributed by atoms with Crippen LogP contribution in [-0.4, -0.2) is 19.9 Å². The van der Waals surface area contributed by atoms with Gasteiger partial charge in [0.05, 0.1) is 16.8 Å². The number of nitrogens with zero attached hydrogens (tertiary/aromatic N) is 4. The van der Waals surface area contributed by atoms with Crippen molar-refractivity contribution in [2.45, 2.75) is 0 Å². The normalized spacial score (nSPS) is 10.1. The number of anilines is 3. The first-order valence-electron chi connectivity index (χ1n) is 4.71. The average Bonchev–Trinajstić information content (AvgIpc) is 2.28. The minimum atomic E-state index is -0.590. The van der Waals surface area contributed by atoms with Crippen LogP contribution < -0.4 is 11.1 Å². The number of nitrogens with two attached hydrogens (primary N) is 1. The number of aromatic nitrogens is 3. The highest BCUT2D eigenvalue weighted by molar-refractivity contribution is 9.10. The Morgan fingerprint density at radius 3 is 2.83 bits per heavy atom. The number of halogens is 1. The maximum atomic E-state index is 10.8. The van der Waals surface area contributed by atoms with Crippen molar-refractivity contribution in [3.8, 4) is 0 Å². The van der Waals surface area contributed by atoms with Gasteiger partial charge in [0.25, 0.3) is 0 Å². The Bertz CT molecular complexity index is 605. The van der Waals surface area contributed by atoms with Crippen LogP contribution in [-0.2, 0) is 0 Å². The van der Waals surface area contributed by atoms with Gasteiger partial charge in [-0.3, -0.25) is 15.1 Å². The third-order valence-electron chi connectivity index (χ3n) is 1.95. The highest BCUT2D eigenvalue weighted by atomic mass is 79.9. The SMILES string of the molecule is Nc1ncc([N+](=O)[O-])c(Nc2cncc(Br)c2)n1. The zero-order chi connectivity index (χ0) is 13.1. The van der Waals surface area contributed by atoms with E-state index in [2.05, 4.69) is 36.2 Å². The van der Waals surface area contributed by atoms with E-state index in [0.29, 0.717) is 5.69 Å². The zero-order valence-electron chi connectivity index (χ0n) is 8.87. The van der Waals surface area contributed by atoms with Crippen LogP contribution >= 0.6 is 15.9 Å². The molecular formula is C9H7BrN6O2. The Kier molecular flexibility index (Phi) is 3.33. The molecule has 2 rings (SSSR count). The number of hydrogen-bond acceptors (Lipinski definition) is 7. The molecule has 0 amide bonds. The van der Waals surface area contributed by atoms with Crippen LogP contribution in [0.4, 0.5) is 23.1 Å². The highest BCUT2D eigenvalue weighted by Gasteiger charge is 2.16. The molecular weight excluding hydrogens is 304 g/mol. The Hall–Kier alpha value is -2.29. The van der Waals surface area contributed by atoms with Crippen LogP contribution in [0, 0.1) is 10.1 Å². The summed E-state index contributed by atoms with van der Waals surface area (Å²) in [6.45, 7) is 0. The molecule has 9 heteroatoms. The standard InChI is InChI=1S/C9H7BrN6O2/c10-5-1-6(3-12-2-5)14-8-7(16(17)18)4-13-9(11)15-8/h1-4H,(H3,11,13,14,15). The van der Waals surface area contributed by atoms with Crippen LogP contribution in [0.5, 0.6) is 0 Å². The molecule has 0 aromatic carbocycles. The Balaban J connectivity index is 2.39. The molecule has 2 heterocycles. The van der Waals surface area contributed by atoms with Crippen LogP contribution in [0.25, 0.3) is 0 Å². The van der Waals surface area contributed by atoms with Gasteiger partial charge in [-0.1, -0.05) is 0 Å². The molecule has 0 bridgehead atoms. The maximum Gasteiger partial charge on any atom is 0.329 e. The average molecular weight is 311 g/mol. The molecule has 0 saturated carbocycles. The van der Waals surface area contributed by atoms with Gasteiger partial charge in [0.15, 0.2) is 0 Å². The molecule has 0 atom stereocenters. The summed E-state index contributed by atoms with van der Waals surface area (Å²) in [7, 11) is 0. The molecule has 0 unspecified atom stereocenters. The predicted octanol–water partition coefficient (Wildman–Crippen LogP) is 1.87. The van der Waals surface area contributed by atoms with Gasteiger partial charge in [0, 0.05) is 10.7 Å². The molecule has 0 saturated heterocycles. The van der Waals surface area contributed by atoms with E-state index in [1.165, 1.54) is 6.20 Å². The summed E-state index contributed by atoms with van der Waals surface area (Å²) in [6, 6.07) is 1.70. The molecule has 0 radical (unpaired) electrons. The van der Waals surface area contributed by atoms with Crippen molar-refractivity contribution < 1.29 is 4.92 Å². The van der Waals surface area contributed by atoms with E-state index in [-0.39, 0.29) is 17.5 Å². The van der Waals surface area contributed by atoms with Crippen molar-refractivity contribution in [3.05, 3.63) is 39.2 Å².